The van der Waals surface area contributed by atoms with Gasteiger partial charge in [-0.1, -0.05) is 13.8 Å². The lowest BCUT2D eigenvalue weighted by atomic mass is 9.87. The van der Waals surface area contributed by atoms with Crippen LogP contribution in [-0.4, -0.2) is 43.8 Å². The van der Waals surface area contributed by atoms with Gasteiger partial charge < -0.3 is 11.1 Å². The first kappa shape index (κ1) is 20.6. The van der Waals surface area contributed by atoms with E-state index in [2.05, 4.69) is 5.32 Å². The second-order valence-electron chi connectivity index (χ2n) is 5.98. The minimum Gasteiger partial charge on any atom is -0.349 e. The lowest BCUT2D eigenvalue weighted by molar-refractivity contribution is -0.128. The van der Waals surface area contributed by atoms with Crippen molar-refractivity contribution in [1.29, 1.82) is 0 Å². The number of piperidine rings is 1. The minimum atomic E-state index is -3.65. The van der Waals surface area contributed by atoms with Gasteiger partial charge in [0.1, 0.15) is 0 Å². The molecule has 0 bridgehead atoms. The van der Waals surface area contributed by atoms with Crippen LogP contribution in [0.25, 0.3) is 0 Å². The molecule has 7 nitrogen and oxygen atoms in total. The topological polar surface area (TPSA) is 119 Å². The second kappa shape index (κ2) is 7.73. The van der Waals surface area contributed by atoms with Gasteiger partial charge in [-0.3, -0.25) is 4.79 Å². The van der Waals surface area contributed by atoms with E-state index in [1.165, 1.54) is 4.31 Å². The maximum atomic E-state index is 12.3. The number of hydrogen-bond acceptors (Lipinski definition) is 4. The Hall–Kier alpha value is -0.410. The summed E-state index contributed by atoms with van der Waals surface area (Å²) in [5, 5.41) is 8.08. The third-order valence-electron chi connectivity index (χ3n) is 4.29. The molecular formula is C12H27ClN4O3S. The highest BCUT2D eigenvalue weighted by atomic mass is 35.5. The number of nitrogens with one attached hydrogen (secondary N) is 1. The number of carbonyl (C=O) groups excluding carboxylic acids is 1. The molecule has 1 fully saturated rings. The van der Waals surface area contributed by atoms with Crippen LogP contribution in [0.4, 0.5) is 0 Å². The van der Waals surface area contributed by atoms with E-state index in [9.17, 15) is 13.2 Å². The van der Waals surface area contributed by atoms with Crippen molar-refractivity contribution in [3.8, 4) is 0 Å². The lowest BCUT2D eigenvalue weighted by Gasteiger charge is -2.36. The zero-order valence-corrected chi connectivity index (χ0v) is 14.5. The van der Waals surface area contributed by atoms with Crippen LogP contribution in [0.5, 0.6) is 0 Å². The fourth-order valence-corrected chi connectivity index (χ4v) is 2.91. The van der Waals surface area contributed by atoms with Gasteiger partial charge >= 0.3 is 0 Å². The molecule has 1 amide bonds. The van der Waals surface area contributed by atoms with Crippen molar-refractivity contribution in [2.24, 2.45) is 22.7 Å². The third kappa shape index (κ3) is 5.37. The van der Waals surface area contributed by atoms with Crippen molar-refractivity contribution in [3.05, 3.63) is 0 Å². The van der Waals surface area contributed by atoms with E-state index in [0.29, 0.717) is 19.4 Å². The Morgan fingerprint density at radius 1 is 1.38 bits per heavy atom. The zero-order valence-electron chi connectivity index (χ0n) is 12.8. The number of halogens is 1. The molecule has 0 radical (unpaired) electrons. The Labute approximate surface area is 133 Å². The van der Waals surface area contributed by atoms with E-state index < -0.39 is 15.7 Å². The highest BCUT2D eigenvalue weighted by molar-refractivity contribution is 7.86. The van der Waals surface area contributed by atoms with Crippen LogP contribution in [0.15, 0.2) is 0 Å². The summed E-state index contributed by atoms with van der Waals surface area (Å²) >= 11 is 0. The molecule has 0 aromatic heterocycles. The van der Waals surface area contributed by atoms with Crippen molar-refractivity contribution in [1.82, 2.24) is 9.62 Å². The Balaban J connectivity index is 0.00000400. The monoisotopic (exact) mass is 342 g/mol. The molecule has 0 aromatic rings. The number of amides is 1. The molecule has 5 N–H and O–H groups in total. The first-order chi connectivity index (χ1) is 9.10. The van der Waals surface area contributed by atoms with Gasteiger partial charge in [0, 0.05) is 25.6 Å². The standard InChI is InChI=1S/C12H26N4O3S.ClH/c1-9(2)12(3,8-13)15-11(17)10-4-6-16(7-5-10)20(14,18)19;/h9-10H,4-8,13H2,1-3H3,(H,15,17)(H2,14,18,19);1H. The van der Waals surface area contributed by atoms with Gasteiger partial charge in [0.15, 0.2) is 0 Å². The molecule has 9 heteroatoms. The first-order valence-corrected chi connectivity index (χ1v) is 8.40. The number of hydrogen-bond donors (Lipinski definition) is 3. The molecule has 1 heterocycles. The molecule has 1 aliphatic heterocycles. The molecule has 1 aliphatic rings. The summed E-state index contributed by atoms with van der Waals surface area (Å²) in [6.45, 7) is 6.89. The van der Waals surface area contributed by atoms with Crippen molar-refractivity contribution >= 4 is 28.5 Å². The van der Waals surface area contributed by atoms with Gasteiger partial charge in [0.2, 0.25) is 5.91 Å². The molecule has 1 atom stereocenters. The summed E-state index contributed by atoms with van der Waals surface area (Å²) in [6.07, 6.45) is 0.974. The predicted octanol–water partition coefficient (Wildman–Crippen LogP) is -0.187. The molecule has 21 heavy (non-hydrogen) atoms. The normalized spacial score (nSPS) is 20.7. The average molecular weight is 343 g/mol. The van der Waals surface area contributed by atoms with Crippen LogP contribution >= 0.6 is 12.4 Å². The quantitative estimate of drug-likeness (QED) is 0.641. The molecule has 1 unspecified atom stereocenters. The Morgan fingerprint density at radius 3 is 2.19 bits per heavy atom. The van der Waals surface area contributed by atoms with Gasteiger partial charge in [0.05, 0.1) is 5.54 Å². The van der Waals surface area contributed by atoms with Gasteiger partial charge in [-0.15, -0.1) is 12.4 Å². The zero-order chi connectivity index (χ0) is 15.6. The van der Waals surface area contributed by atoms with Gasteiger partial charge in [0.25, 0.3) is 10.2 Å². The highest BCUT2D eigenvalue weighted by Gasteiger charge is 2.34. The molecule has 126 valence electrons. The summed E-state index contributed by atoms with van der Waals surface area (Å²) in [5.74, 6) is -0.0145. The third-order valence-corrected chi connectivity index (χ3v) is 5.38. The summed E-state index contributed by atoms with van der Waals surface area (Å²) in [7, 11) is -3.65. The largest absolute Gasteiger partial charge is 0.349 e. The SMILES string of the molecule is CC(C)C(C)(CN)NC(=O)C1CCN(S(N)(=O)=O)CC1.Cl. The molecule has 0 aliphatic carbocycles. The van der Waals surface area contributed by atoms with Crippen molar-refractivity contribution in [3.63, 3.8) is 0 Å². The number of nitrogens with zero attached hydrogens (tertiary/aromatic N) is 1. The fourth-order valence-electron chi connectivity index (χ4n) is 2.19. The smallest absolute Gasteiger partial charge is 0.276 e. The highest BCUT2D eigenvalue weighted by Crippen LogP contribution is 2.21. The van der Waals surface area contributed by atoms with Crippen LogP contribution in [0.1, 0.15) is 33.6 Å². The number of rotatable bonds is 5. The summed E-state index contributed by atoms with van der Waals surface area (Å²) in [4.78, 5) is 12.3. The van der Waals surface area contributed by atoms with Crippen molar-refractivity contribution in [2.75, 3.05) is 19.6 Å². The first-order valence-electron chi connectivity index (χ1n) is 6.90. The van der Waals surface area contributed by atoms with E-state index in [1.807, 2.05) is 20.8 Å². The predicted molar refractivity (Wildman–Crippen MR) is 85.1 cm³/mol. The lowest BCUT2D eigenvalue weighted by Crippen LogP contribution is -2.57. The van der Waals surface area contributed by atoms with Gasteiger partial charge in [-0.05, 0) is 25.7 Å². The fraction of sp³-hybridized carbons (Fsp3) is 0.917. The van der Waals surface area contributed by atoms with E-state index in [4.69, 9.17) is 10.9 Å². The maximum Gasteiger partial charge on any atom is 0.276 e. The summed E-state index contributed by atoms with van der Waals surface area (Å²) in [6, 6.07) is 0. The molecule has 0 spiro atoms. The van der Waals surface area contributed by atoms with Crippen molar-refractivity contribution in [2.45, 2.75) is 39.2 Å². The number of carbonyl (C=O) groups is 1. The summed E-state index contributed by atoms with van der Waals surface area (Å²) < 4.78 is 23.6. The second-order valence-corrected chi connectivity index (χ2v) is 7.53. The van der Waals surface area contributed by atoms with Crippen molar-refractivity contribution < 1.29 is 13.2 Å². The Morgan fingerprint density at radius 2 is 1.86 bits per heavy atom. The molecule has 1 rings (SSSR count). The molecule has 1 saturated heterocycles. The van der Waals surface area contributed by atoms with Gasteiger partial charge in [-0.2, -0.15) is 12.7 Å². The van der Waals surface area contributed by atoms with Crippen LogP contribution in [0, 0.1) is 11.8 Å². The van der Waals surface area contributed by atoms with E-state index in [0.717, 1.165) is 0 Å². The van der Waals surface area contributed by atoms with Crippen LogP contribution in [0.3, 0.4) is 0 Å². The summed E-state index contributed by atoms with van der Waals surface area (Å²) in [5.41, 5.74) is 5.31. The number of nitrogens with two attached hydrogens (primary N) is 2. The molecule has 0 saturated carbocycles. The van der Waals surface area contributed by atoms with Crippen LogP contribution in [-0.2, 0) is 15.0 Å². The van der Waals surface area contributed by atoms with E-state index in [1.54, 1.807) is 0 Å². The maximum absolute atomic E-state index is 12.3. The van der Waals surface area contributed by atoms with Crippen LogP contribution < -0.4 is 16.2 Å². The van der Waals surface area contributed by atoms with Crippen LogP contribution in [0.2, 0.25) is 0 Å². The van der Waals surface area contributed by atoms with Gasteiger partial charge in [-0.25, -0.2) is 5.14 Å². The minimum absolute atomic E-state index is 0. The average Bonchev–Trinajstić information content (AvgIpc) is 2.37. The Bertz CT molecular complexity index is 449. The molecule has 0 aromatic carbocycles. The molecular weight excluding hydrogens is 316 g/mol. The Kier molecular flexibility index (Phi) is 7.58. The van der Waals surface area contributed by atoms with E-state index in [-0.39, 0.29) is 43.2 Å². The van der Waals surface area contributed by atoms with E-state index >= 15 is 0 Å².